The van der Waals surface area contributed by atoms with Gasteiger partial charge in [-0.05, 0) is 26.3 Å². The van der Waals surface area contributed by atoms with E-state index in [1.807, 2.05) is 18.2 Å². The quantitative estimate of drug-likeness (QED) is 0.576. The number of aromatic nitrogens is 1. The number of carbonyl (C=O) groups excluding carboxylic acids is 4. The van der Waals surface area contributed by atoms with Crippen LogP contribution < -0.4 is 14.8 Å². The van der Waals surface area contributed by atoms with E-state index in [2.05, 4.69) is 10.5 Å². The maximum Gasteiger partial charge on any atom is 0.410 e. The van der Waals surface area contributed by atoms with Crippen LogP contribution in [0, 0.1) is 19.3 Å². The molecule has 0 aliphatic carbocycles. The van der Waals surface area contributed by atoms with Gasteiger partial charge in [0.05, 0.1) is 32.0 Å². The predicted molar refractivity (Wildman–Crippen MR) is 142 cm³/mol. The SMILES string of the molecule is Cc1noc(C)c1C(=O)N1CCCOc2cccc3c2OC[C@@]2(CNC(=O)C1)CN(C(=O)CN1CCOC1=O)C[C@@H]32. The fourth-order valence-corrected chi connectivity index (χ4v) is 6.23. The average Bonchev–Trinajstić information content (AvgIpc) is 3.65. The molecule has 0 saturated carbocycles. The fourth-order valence-electron chi connectivity index (χ4n) is 6.23. The number of likely N-dealkylation sites (tertiary alicyclic amines) is 1. The zero-order valence-electron chi connectivity index (χ0n) is 23.1. The Balaban J connectivity index is 1.27. The van der Waals surface area contributed by atoms with E-state index in [0.717, 1.165) is 5.56 Å². The summed E-state index contributed by atoms with van der Waals surface area (Å²) in [6, 6.07) is 5.73. The largest absolute Gasteiger partial charge is 0.490 e. The Labute approximate surface area is 236 Å². The summed E-state index contributed by atoms with van der Waals surface area (Å²) in [5.41, 5.74) is 1.14. The molecule has 4 amide bonds. The molecule has 1 aromatic carbocycles. The molecule has 2 fully saturated rings. The van der Waals surface area contributed by atoms with Gasteiger partial charge in [-0.2, -0.15) is 0 Å². The molecule has 218 valence electrons. The minimum absolute atomic E-state index is 0.0658. The maximum atomic E-state index is 13.4. The molecule has 1 aromatic heterocycles. The third kappa shape index (κ3) is 4.93. The Morgan fingerprint density at radius 2 is 1.95 bits per heavy atom. The van der Waals surface area contributed by atoms with E-state index in [0.29, 0.717) is 67.7 Å². The van der Waals surface area contributed by atoms with E-state index in [4.69, 9.17) is 18.7 Å². The highest BCUT2D eigenvalue weighted by Gasteiger charge is 2.53. The number of ether oxygens (including phenoxy) is 3. The minimum Gasteiger partial charge on any atom is -0.490 e. The van der Waals surface area contributed by atoms with Crippen molar-refractivity contribution in [2.45, 2.75) is 26.2 Å². The number of rotatable bonds is 3. The Morgan fingerprint density at radius 3 is 2.71 bits per heavy atom. The highest BCUT2D eigenvalue weighted by Crippen LogP contribution is 2.52. The Hall–Kier alpha value is -4.29. The van der Waals surface area contributed by atoms with E-state index in [1.165, 1.54) is 9.80 Å². The van der Waals surface area contributed by atoms with E-state index >= 15 is 0 Å². The molecule has 7 rings (SSSR count). The van der Waals surface area contributed by atoms with Crippen LogP contribution in [0.5, 0.6) is 11.5 Å². The zero-order valence-corrected chi connectivity index (χ0v) is 23.1. The van der Waals surface area contributed by atoms with Gasteiger partial charge < -0.3 is 33.9 Å². The second kappa shape index (κ2) is 10.6. The van der Waals surface area contributed by atoms with E-state index in [-0.39, 0.29) is 56.5 Å². The van der Waals surface area contributed by atoms with E-state index in [9.17, 15) is 19.2 Å². The molecule has 1 N–H and O–H groups in total. The van der Waals surface area contributed by atoms with Crippen LogP contribution in [0.25, 0.3) is 0 Å². The lowest BCUT2D eigenvalue weighted by Crippen LogP contribution is -2.51. The van der Waals surface area contributed by atoms with Crippen LogP contribution in [0.3, 0.4) is 0 Å². The van der Waals surface area contributed by atoms with Crippen molar-refractivity contribution in [3.63, 3.8) is 0 Å². The van der Waals surface area contributed by atoms with Crippen LogP contribution in [0.15, 0.2) is 22.7 Å². The number of carbonyl (C=O) groups is 4. The molecule has 5 aliphatic heterocycles. The Morgan fingerprint density at radius 1 is 1.10 bits per heavy atom. The molecule has 2 saturated heterocycles. The normalized spacial score (nSPS) is 24.2. The maximum absolute atomic E-state index is 13.4. The molecule has 0 unspecified atom stereocenters. The number of fused-ring (bicyclic) bond motifs is 9. The van der Waals surface area contributed by atoms with Crippen LogP contribution >= 0.6 is 0 Å². The van der Waals surface area contributed by atoms with Crippen molar-refractivity contribution in [1.82, 2.24) is 25.2 Å². The summed E-state index contributed by atoms with van der Waals surface area (Å²) in [6.45, 7) is 5.65. The standard InChI is InChI=1S/C28H33N5O8/c1-17-24(18(2)41-30-17)26(36)31-7-4-9-38-21-6-3-5-19-20-11-33(23(35)13-32-8-10-39-27(32)37)15-28(20,16-40-25(19)21)14-29-22(34)12-31/h3,5-6,20H,4,7-16H2,1-2H3,(H,29,34)/t20-,28+/m0/s1. The number of amides is 4. The van der Waals surface area contributed by atoms with Gasteiger partial charge in [-0.3, -0.25) is 19.3 Å². The molecular formula is C28H33N5O8. The number of cyclic esters (lactones) is 1. The lowest BCUT2D eigenvalue weighted by molar-refractivity contribution is -0.131. The van der Waals surface area contributed by atoms with Gasteiger partial charge in [0.2, 0.25) is 11.8 Å². The van der Waals surface area contributed by atoms with Crippen molar-refractivity contribution in [2.75, 3.05) is 65.6 Å². The lowest BCUT2D eigenvalue weighted by atomic mass is 9.73. The van der Waals surface area contributed by atoms with Crippen molar-refractivity contribution in [2.24, 2.45) is 5.41 Å². The molecule has 2 atom stereocenters. The van der Waals surface area contributed by atoms with Gasteiger partial charge in [0.25, 0.3) is 5.91 Å². The molecule has 4 bridgehead atoms. The number of nitrogens with one attached hydrogen (secondary N) is 1. The monoisotopic (exact) mass is 567 g/mol. The van der Waals surface area contributed by atoms with Crippen molar-refractivity contribution >= 4 is 23.8 Å². The zero-order chi connectivity index (χ0) is 28.7. The number of nitrogens with zero attached hydrogens (tertiary/aromatic N) is 4. The summed E-state index contributed by atoms with van der Waals surface area (Å²) in [5, 5.41) is 6.92. The smallest absolute Gasteiger partial charge is 0.410 e. The number of aryl methyl sites for hydroxylation is 2. The molecule has 6 heterocycles. The number of benzene rings is 1. The molecule has 13 heteroatoms. The highest BCUT2D eigenvalue weighted by molar-refractivity contribution is 5.98. The second-order valence-corrected chi connectivity index (χ2v) is 11.1. The molecule has 5 aliphatic rings. The number of para-hydroxylation sites is 1. The van der Waals surface area contributed by atoms with Crippen molar-refractivity contribution in [1.29, 1.82) is 0 Å². The topological polar surface area (TPSA) is 144 Å². The molecular weight excluding hydrogens is 534 g/mol. The first-order valence-corrected chi connectivity index (χ1v) is 13.8. The molecule has 2 aromatic rings. The summed E-state index contributed by atoms with van der Waals surface area (Å²) in [5.74, 6) is 0.673. The molecule has 1 spiro atoms. The van der Waals surface area contributed by atoms with Gasteiger partial charge in [-0.1, -0.05) is 17.3 Å². The van der Waals surface area contributed by atoms with Crippen LogP contribution in [0.2, 0.25) is 0 Å². The fraction of sp³-hybridized carbons (Fsp3) is 0.536. The van der Waals surface area contributed by atoms with Gasteiger partial charge in [0.1, 0.15) is 24.5 Å². The summed E-state index contributed by atoms with van der Waals surface area (Å²) in [6.07, 6.45) is -0.00527. The first-order chi connectivity index (χ1) is 19.8. The van der Waals surface area contributed by atoms with E-state index < -0.39 is 11.5 Å². The average molecular weight is 568 g/mol. The lowest BCUT2D eigenvalue weighted by Gasteiger charge is -2.40. The second-order valence-electron chi connectivity index (χ2n) is 11.1. The van der Waals surface area contributed by atoms with Crippen LogP contribution in [-0.2, 0) is 14.3 Å². The highest BCUT2D eigenvalue weighted by atomic mass is 16.6. The van der Waals surface area contributed by atoms with Crippen molar-refractivity contribution < 1.29 is 37.9 Å². The Kier molecular flexibility index (Phi) is 6.96. The van der Waals surface area contributed by atoms with Crippen LogP contribution in [0.1, 0.15) is 39.7 Å². The first-order valence-electron chi connectivity index (χ1n) is 13.8. The van der Waals surface area contributed by atoms with Gasteiger partial charge in [-0.25, -0.2) is 4.79 Å². The van der Waals surface area contributed by atoms with Crippen LogP contribution in [0.4, 0.5) is 4.79 Å². The Bertz CT molecular complexity index is 1370. The number of hydrogen-bond acceptors (Lipinski definition) is 9. The minimum atomic E-state index is -0.608. The molecule has 13 nitrogen and oxygen atoms in total. The summed E-state index contributed by atoms with van der Waals surface area (Å²) in [7, 11) is 0. The van der Waals surface area contributed by atoms with Crippen molar-refractivity contribution in [3.8, 4) is 11.5 Å². The third-order valence-electron chi connectivity index (χ3n) is 8.40. The van der Waals surface area contributed by atoms with E-state index in [1.54, 1.807) is 18.7 Å². The third-order valence-corrected chi connectivity index (χ3v) is 8.40. The first kappa shape index (κ1) is 26.9. The van der Waals surface area contributed by atoms with Crippen LogP contribution in [-0.4, -0.2) is 109 Å². The summed E-state index contributed by atoms with van der Waals surface area (Å²) in [4.78, 5) is 56.6. The van der Waals surface area contributed by atoms with Gasteiger partial charge in [0, 0.05) is 43.1 Å². The molecule has 41 heavy (non-hydrogen) atoms. The number of hydrogen-bond donors (Lipinski definition) is 1. The van der Waals surface area contributed by atoms with Gasteiger partial charge in [-0.15, -0.1) is 0 Å². The summed E-state index contributed by atoms with van der Waals surface area (Å²) >= 11 is 0. The predicted octanol–water partition coefficient (Wildman–Crippen LogP) is 1.09. The van der Waals surface area contributed by atoms with Gasteiger partial charge >= 0.3 is 6.09 Å². The van der Waals surface area contributed by atoms with Crippen molar-refractivity contribution in [3.05, 3.63) is 40.8 Å². The van der Waals surface area contributed by atoms with Gasteiger partial charge in [0.15, 0.2) is 11.5 Å². The summed E-state index contributed by atoms with van der Waals surface area (Å²) < 4.78 is 22.6. The molecule has 0 radical (unpaired) electrons.